The van der Waals surface area contributed by atoms with Crippen molar-refractivity contribution in [1.29, 1.82) is 0 Å². The van der Waals surface area contributed by atoms with Crippen molar-refractivity contribution in [2.24, 2.45) is 0 Å². The number of furan rings is 1. The van der Waals surface area contributed by atoms with Crippen LogP contribution in [0, 0.1) is 17.0 Å². The van der Waals surface area contributed by atoms with Crippen LogP contribution in [0.5, 0.6) is 0 Å². The third kappa shape index (κ3) is 5.00. The van der Waals surface area contributed by atoms with Crippen LogP contribution >= 0.6 is 0 Å². The zero-order chi connectivity index (χ0) is 21.7. The van der Waals surface area contributed by atoms with E-state index in [2.05, 4.69) is 5.32 Å². The molecule has 30 heavy (non-hydrogen) atoms. The molecule has 1 saturated heterocycles. The van der Waals surface area contributed by atoms with Gasteiger partial charge in [-0.15, -0.1) is 0 Å². The minimum atomic E-state index is -3.76. The number of aryl methyl sites for hydroxylation is 1. The molecule has 3 rings (SSSR count). The van der Waals surface area contributed by atoms with Crippen LogP contribution in [-0.2, 0) is 14.8 Å². The molecule has 0 amide bonds. The normalized spacial score (nSPS) is 16.3. The van der Waals surface area contributed by atoms with Crippen molar-refractivity contribution in [2.45, 2.75) is 43.5 Å². The molecule has 1 aromatic carbocycles. The van der Waals surface area contributed by atoms with Crippen LogP contribution in [0.25, 0.3) is 0 Å². The molecular weight excluding hydrogens is 410 g/mol. The number of nitrogens with zero attached hydrogens (tertiary/aromatic N) is 2. The molecule has 164 valence electrons. The summed E-state index contributed by atoms with van der Waals surface area (Å²) in [7, 11) is -2.19. The Balaban J connectivity index is 1.91. The van der Waals surface area contributed by atoms with Gasteiger partial charge in [-0.1, -0.05) is 6.42 Å². The highest BCUT2D eigenvalue weighted by Gasteiger charge is 2.29. The van der Waals surface area contributed by atoms with Crippen LogP contribution in [0.2, 0.25) is 0 Å². The fourth-order valence-electron chi connectivity index (χ4n) is 3.55. The number of nitro groups is 1. The van der Waals surface area contributed by atoms with E-state index < -0.39 is 14.9 Å². The number of hydrogen-bond acceptors (Lipinski definition) is 7. The number of benzene rings is 1. The van der Waals surface area contributed by atoms with Crippen molar-refractivity contribution >= 4 is 21.4 Å². The van der Waals surface area contributed by atoms with Crippen molar-refractivity contribution < 1.29 is 22.5 Å². The van der Waals surface area contributed by atoms with E-state index in [1.807, 2.05) is 19.1 Å². The lowest BCUT2D eigenvalue weighted by molar-refractivity contribution is -0.384. The van der Waals surface area contributed by atoms with Gasteiger partial charge in [-0.2, -0.15) is 4.31 Å². The van der Waals surface area contributed by atoms with E-state index in [4.69, 9.17) is 9.15 Å². The number of ether oxygens (including phenoxy) is 1. The number of nitrogens with one attached hydrogen (secondary N) is 1. The van der Waals surface area contributed by atoms with E-state index >= 15 is 0 Å². The first-order chi connectivity index (χ1) is 14.3. The van der Waals surface area contributed by atoms with E-state index in [-0.39, 0.29) is 22.3 Å². The second-order valence-corrected chi connectivity index (χ2v) is 9.27. The number of nitro benzene ring substituents is 1. The highest BCUT2D eigenvalue weighted by atomic mass is 32.2. The Morgan fingerprint density at radius 2 is 1.97 bits per heavy atom. The number of methoxy groups -OCH3 is 1. The molecule has 1 aromatic heterocycles. The smallest absolute Gasteiger partial charge is 0.293 e. The lowest BCUT2D eigenvalue weighted by atomic mass is 10.1. The highest BCUT2D eigenvalue weighted by molar-refractivity contribution is 7.89. The van der Waals surface area contributed by atoms with Gasteiger partial charge in [0.2, 0.25) is 10.0 Å². The summed E-state index contributed by atoms with van der Waals surface area (Å²) in [4.78, 5) is 11.1. The summed E-state index contributed by atoms with van der Waals surface area (Å²) in [5, 5.41) is 14.9. The summed E-state index contributed by atoms with van der Waals surface area (Å²) in [5.74, 6) is 1.36. The molecule has 0 saturated carbocycles. The first kappa shape index (κ1) is 22.3. The van der Waals surface area contributed by atoms with Crippen molar-refractivity contribution in [3.63, 3.8) is 0 Å². The van der Waals surface area contributed by atoms with Gasteiger partial charge in [0, 0.05) is 32.9 Å². The number of rotatable bonds is 9. The molecule has 0 bridgehead atoms. The Hall–Kier alpha value is -2.43. The Bertz CT molecular complexity index is 982. The van der Waals surface area contributed by atoms with E-state index in [1.165, 1.54) is 16.4 Å². The first-order valence-electron chi connectivity index (χ1n) is 9.93. The van der Waals surface area contributed by atoms with Gasteiger partial charge in [0.25, 0.3) is 5.69 Å². The zero-order valence-electron chi connectivity index (χ0n) is 17.2. The molecular formula is C20H27N3O6S. The van der Waals surface area contributed by atoms with Crippen molar-refractivity contribution in [3.8, 4) is 0 Å². The number of sulfonamides is 1. The molecule has 1 N–H and O–H groups in total. The van der Waals surface area contributed by atoms with Gasteiger partial charge in [-0.05, 0) is 50.5 Å². The average Bonchev–Trinajstić information content (AvgIpc) is 3.17. The second kappa shape index (κ2) is 9.59. The maximum absolute atomic E-state index is 12.9. The Labute approximate surface area is 176 Å². The Morgan fingerprint density at radius 1 is 1.23 bits per heavy atom. The first-order valence-corrected chi connectivity index (χ1v) is 11.4. The SMILES string of the molecule is COCC[C@@H](Nc1ccc(S(=O)(=O)N2CCCCC2)cc1[N+](=O)[O-])c1ccc(C)o1. The van der Waals surface area contributed by atoms with Gasteiger partial charge < -0.3 is 14.5 Å². The summed E-state index contributed by atoms with van der Waals surface area (Å²) >= 11 is 0. The van der Waals surface area contributed by atoms with E-state index in [0.29, 0.717) is 31.9 Å². The summed E-state index contributed by atoms with van der Waals surface area (Å²) in [6, 6.07) is 7.27. The van der Waals surface area contributed by atoms with Crippen LogP contribution < -0.4 is 5.32 Å². The fraction of sp³-hybridized carbons (Fsp3) is 0.500. The second-order valence-electron chi connectivity index (χ2n) is 7.33. The van der Waals surface area contributed by atoms with Gasteiger partial charge >= 0.3 is 0 Å². The maximum atomic E-state index is 12.9. The van der Waals surface area contributed by atoms with Gasteiger partial charge in [0.15, 0.2) is 0 Å². The minimum Gasteiger partial charge on any atom is -0.464 e. The monoisotopic (exact) mass is 437 g/mol. The largest absolute Gasteiger partial charge is 0.464 e. The van der Waals surface area contributed by atoms with Crippen molar-refractivity contribution in [3.05, 3.63) is 52.0 Å². The Morgan fingerprint density at radius 3 is 2.57 bits per heavy atom. The van der Waals surface area contributed by atoms with Crippen molar-refractivity contribution in [2.75, 3.05) is 32.1 Å². The van der Waals surface area contributed by atoms with Gasteiger partial charge in [0.05, 0.1) is 15.9 Å². The molecule has 10 heteroatoms. The maximum Gasteiger partial charge on any atom is 0.293 e. The molecule has 2 aromatic rings. The zero-order valence-corrected chi connectivity index (χ0v) is 18.0. The van der Waals surface area contributed by atoms with Gasteiger partial charge in [-0.3, -0.25) is 10.1 Å². The molecule has 0 radical (unpaired) electrons. The molecule has 1 aliphatic heterocycles. The van der Waals surface area contributed by atoms with Crippen molar-refractivity contribution in [1.82, 2.24) is 4.31 Å². The third-order valence-corrected chi connectivity index (χ3v) is 7.06. The van der Waals surface area contributed by atoms with E-state index in [1.54, 1.807) is 7.11 Å². The molecule has 9 nitrogen and oxygen atoms in total. The van der Waals surface area contributed by atoms with Crippen LogP contribution in [-0.4, -0.2) is 44.5 Å². The number of hydrogen-bond donors (Lipinski definition) is 1. The van der Waals surface area contributed by atoms with Crippen LogP contribution in [0.3, 0.4) is 0 Å². The summed E-state index contributed by atoms with van der Waals surface area (Å²) in [5.41, 5.74) is -0.0634. The van der Waals surface area contributed by atoms with E-state index in [9.17, 15) is 18.5 Å². The number of piperidine rings is 1. The van der Waals surface area contributed by atoms with Crippen LogP contribution in [0.4, 0.5) is 11.4 Å². The molecule has 1 aliphatic rings. The highest BCUT2D eigenvalue weighted by Crippen LogP contribution is 2.33. The Kier molecular flexibility index (Phi) is 7.11. The molecule has 0 spiro atoms. The summed E-state index contributed by atoms with van der Waals surface area (Å²) in [6.45, 7) is 3.12. The summed E-state index contributed by atoms with van der Waals surface area (Å²) < 4.78 is 38.1. The standard InChI is InChI=1S/C20H27N3O6S/c1-15-6-9-20(29-15)18(10-13-28-2)21-17-8-7-16(14-19(17)23(24)25)30(26,27)22-11-4-3-5-12-22/h6-9,14,18,21H,3-5,10-13H2,1-2H3/t18-/m1/s1. The number of anilines is 1. The topological polar surface area (TPSA) is 115 Å². The molecule has 2 heterocycles. The van der Waals surface area contributed by atoms with Gasteiger partial charge in [-0.25, -0.2) is 8.42 Å². The average molecular weight is 438 g/mol. The molecule has 0 unspecified atom stereocenters. The fourth-order valence-corrected chi connectivity index (χ4v) is 5.09. The molecule has 1 atom stereocenters. The predicted octanol–water partition coefficient (Wildman–Crippen LogP) is 3.86. The van der Waals surface area contributed by atoms with E-state index in [0.717, 1.165) is 31.1 Å². The van der Waals surface area contributed by atoms with Gasteiger partial charge in [0.1, 0.15) is 17.2 Å². The quantitative estimate of drug-likeness (QED) is 0.468. The third-order valence-electron chi connectivity index (χ3n) is 5.16. The lowest BCUT2D eigenvalue weighted by Gasteiger charge is -2.26. The predicted molar refractivity (Wildman–Crippen MR) is 112 cm³/mol. The summed E-state index contributed by atoms with van der Waals surface area (Å²) in [6.07, 6.45) is 3.11. The van der Waals surface area contributed by atoms with Crippen LogP contribution in [0.15, 0.2) is 39.6 Å². The minimum absolute atomic E-state index is 0.0658. The molecule has 0 aliphatic carbocycles. The lowest BCUT2D eigenvalue weighted by Crippen LogP contribution is -2.35. The van der Waals surface area contributed by atoms with Crippen LogP contribution in [0.1, 0.15) is 43.2 Å². The molecule has 1 fully saturated rings.